The predicted molar refractivity (Wildman–Crippen MR) is 77.4 cm³/mol. The van der Waals surface area contributed by atoms with Crippen molar-refractivity contribution in [2.24, 2.45) is 0 Å². The first-order valence-corrected chi connectivity index (χ1v) is 6.58. The van der Waals surface area contributed by atoms with Crippen molar-refractivity contribution in [2.45, 2.75) is 26.5 Å². The van der Waals surface area contributed by atoms with E-state index >= 15 is 0 Å². The van der Waals surface area contributed by atoms with Crippen LogP contribution in [0.4, 0.5) is 4.79 Å². The maximum atomic E-state index is 11.8. The van der Waals surface area contributed by atoms with E-state index in [1.165, 1.54) is 4.90 Å². The average Bonchev–Trinajstić information content (AvgIpc) is 2.79. The lowest BCUT2D eigenvalue weighted by Crippen LogP contribution is -2.40. The van der Waals surface area contributed by atoms with E-state index < -0.39 is 6.10 Å². The van der Waals surface area contributed by atoms with Gasteiger partial charge in [0.2, 0.25) is 0 Å². The third kappa shape index (κ3) is 3.27. The molecule has 1 atom stereocenters. The van der Waals surface area contributed by atoms with Crippen molar-refractivity contribution >= 4 is 17.1 Å². The van der Waals surface area contributed by atoms with Crippen LogP contribution in [0.5, 0.6) is 0 Å². The molecule has 0 bridgehead atoms. The largest absolute Gasteiger partial charge is 0.392 e. The predicted octanol–water partition coefficient (Wildman–Crippen LogP) is 1.39. The Labute approximate surface area is 117 Å². The Balaban J connectivity index is 1.99. The Morgan fingerprint density at radius 2 is 2.30 bits per heavy atom. The Morgan fingerprint density at radius 1 is 1.55 bits per heavy atom. The van der Waals surface area contributed by atoms with Crippen molar-refractivity contribution < 1.29 is 9.90 Å². The number of carbonyl (C=O) groups excluding carboxylic acids is 1. The number of carbonyl (C=O) groups is 1. The standard InChI is InChI=1S/C14H20N4O2/c1-9-5-4-6-11-13(9)17-12(16-11)7-15-14(20)18(3)8-10(2)19/h4-6,10,19H,7-8H2,1-3H3,(H,15,20)(H,16,17). The highest BCUT2D eigenvalue weighted by molar-refractivity contribution is 5.78. The molecule has 0 saturated heterocycles. The van der Waals surface area contributed by atoms with Crippen molar-refractivity contribution in [2.75, 3.05) is 13.6 Å². The van der Waals surface area contributed by atoms with Gasteiger partial charge in [-0.05, 0) is 25.5 Å². The molecule has 1 heterocycles. The van der Waals surface area contributed by atoms with Gasteiger partial charge >= 0.3 is 6.03 Å². The van der Waals surface area contributed by atoms with Crippen molar-refractivity contribution in [1.29, 1.82) is 0 Å². The summed E-state index contributed by atoms with van der Waals surface area (Å²) in [6, 6.07) is 5.69. The highest BCUT2D eigenvalue weighted by Crippen LogP contribution is 2.15. The maximum absolute atomic E-state index is 11.8. The zero-order valence-electron chi connectivity index (χ0n) is 12.0. The third-order valence-electron chi connectivity index (χ3n) is 3.06. The second-order valence-corrected chi connectivity index (χ2v) is 5.04. The molecule has 1 unspecified atom stereocenters. The molecule has 20 heavy (non-hydrogen) atoms. The molecule has 1 aromatic heterocycles. The van der Waals surface area contributed by atoms with Crippen LogP contribution in [-0.4, -0.2) is 45.7 Å². The molecule has 0 aliphatic carbocycles. The number of aromatic amines is 1. The molecule has 2 aromatic rings. The lowest BCUT2D eigenvalue weighted by atomic mass is 10.2. The fourth-order valence-electron chi connectivity index (χ4n) is 2.08. The highest BCUT2D eigenvalue weighted by Gasteiger charge is 2.11. The maximum Gasteiger partial charge on any atom is 0.317 e. The number of rotatable bonds is 4. The zero-order valence-corrected chi connectivity index (χ0v) is 12.0. The molecule has 0 radical (unpaired) electrons. The SMILES string of the molecule is Cc1cccc2[nH]c(CNC(=O)N(C)CC(C)O)nc12. The van der Waals surface area contributed by atoms with Gasteiger partial charge in [0.25, 0.3) is 0 Å². The molecular formula is C14H20N4O2. The van der Waals surface area contributed by atoms with Crippen molar-refractivity contribution in [3.63, 3.8) is 0 Å². The van der Waals surface area contributed by atoms with Crippen LogP contribution in [0.25, 0.3) is 11.0 Å². The van der Waals surface area contributed by atoms with Gasteiger partial charge in [-0.1, -0.05) is 12.1 Å². The number of aromatic nitrogens is 2. The van der Waals surface area contributed by atoms with Gasteiger partial charge < -0.3 is 20.3 Å². The molecule has 0 saturated carbocycles. The molecule has 6 nitrogen and oxygen atoms in total. The lowest BCUT2D eigenvalue weighted by molar-refractivity contribution is 0.143. The number of urea groups is 1. The second kappa shape index (κ2) is 5.92. The number of aliphatic hydroxyl groups is 1. The monoisotopic (exact) mass is 276 g/mol. The number of hydrogen-bond donors (Lipinski definition) is 3. The summed E-state index contributed by atoms with van der Waals surface area (Å²) in [7, 11) is 1.64. The second-order valence-electron chi connectivity index (χ2n) is 5.04. The zero-order chi connectivity index (χ0) is 14.7. The quantitative estimate of drug-likeness (QED) is 0.789. The van der Waals surface area contributed by atoms with E-state index in [1.54, 1.807) is 14.0 Å². The average molecular weight is 276 g/mol. The summed E-state index contributed by atoms with van der Waals surface area (Å²) < 4.78 is 0. The van der Waals surface area contributed by atoms with Crippen molar-refractivity contribution in [3.8, 4) is 0 Å². The van der Waals surface area contributed by atoms with Crippen LogP contribution in [0.15, 0.2) is 18.2 Å². The normalized spacial score (nSPS) is 12.4. The number of para-hydroxylation sites is 1. The van der Waals surface area contributed by atoms with Gasteiger partial charge in [-0.15, -0.1) is 0 Å². The van der Waals surface area contributed by atoms with Gasteiger partial charge in [-0.25, -0.2) is 9.78 Å². The van der Waals surface area contributed by atoms with Gasteiger partial charge in [0.05, 0.1) is 23.7 Å². The number of aliphatic hydroxyl groups excluding tert-OH is 1. The molecule has 2 amide bonds. The first-order chi connectivity index (χ1) is 9.47. The number of fused-ring (bicyclic) bond motifs is 1. The first kappa shape index (κ1) is 14.3. The number of likely N-dealkylation sites (N-methyl/N-ethyl adjacent to an activating group) is 1. The van der Waals surface area contributed by atoms with Gasteiger partial charge in [0.1, 0.15) is 5.82 Å². The summed E-state index contributed by atoms with van der Waals surface area (Å²) in [6.45, 7) is 4.27. The van der Waals surface area contributed by atoms with Gasteiger partial charge in [-0.2, -0.15) is 0 Å². The molecular weight excluding hydrogens is 256 g/mol. The molecule has 3 N–H and O–H groups in total. The van der Waals surface area contributed by atoms with Gasteiger partial charge in [0, 0.05) is 13.6 Å². The topological polar surface area (TPSA) is 81.2 Å². The van der Waals surface area contributed by atoms with E-state index in [-0.39, 0.29) is 6.03 Å². The minimum atomic E-state index is -0.542. The van der Waals surface area contributed by atoms with Crippen LogP contribution in [0.2, 0.25) is 0 Å². The van der Waals surface area contributed by atoms with Crippen molar-refractivity contribution in [1.82, 2.24) is 20.2 Å². The molecule has 0 aliphatic rings. The molecule has 0 fully saturated rings. The molecule has 108 valence electrons. The number of aryl methyl sites for hydroxylation is 1. The number of nitrogens with one attached hydrogen (secondary N) is 2. The minimum Gasteiger partial charge on any atom is -0.392 e. The number of nitrogens with zero attached hydrogens (tertiary/aromatic N) is 2. The van der Waals surface area contributed by atoms with E-state index in [1.807, 2.05) is 25.1 Å². The fourth-order valence-corrected chi connectivity index (χ4v) is 2.08. The van der Waals surface area contributed by atoms with Gasteiger partial charge in [-0.3, -0.25) is 0 Å². The number of hydrogen-bond acceptors (Lipinski definition) is 3. The summed E-state index contributed by atoms with van der Waals surface area (Å²) in [6.07, 6.45) is -0.542. The van der Waals surface area contributed by atoms with Gasteiger partial charge in [0.15, 0.2) is 0 Å². The minimum absolute atomic E-state index is 0.233. The van der Waals surface area contributed by atoms with Crippen LogP contribution in [0.3, 0.4) is 0 Å². The van der Waals surface area contributed by atoms with E-state index in [0.29, 0.717) is 18.9 Å². The van der Waals surface area contributed by atoms with E-state index in [0.717, 1.165) is 16.6 Å². The fraction of sp³-hybridized carbons (Fsp3) is 0.429. The molecule has 0 aliphatic heterocycles. The summed E-state index contributed by atoms with van der Waals surface area (Å²) in [5.41, 5.74) is 2.99. The van der Waals surface area contributed by atoms with E-state index in [4.69, 9.17) is 0 Å². The molecule has 6 heteroatoms. The number of amides is 2. The van der Waals surface area contributed by atoms with Crippen molar-refractivity contribution in [3.05, 3.63) is 29.6 Å². The van der Waals surface area contributed by atoms with E-state index in [9.17, 15) is 9.90 Å². The van der Waals surface area contributed by atoms with Crippen LogP contribution < -0.4 is 5.32 Å². The summed E-state index contributed by atoms with van der Waals surface area (Å²) >= 11 is 0. The summed E-state index contributed by atoms with van der Waals surface area (Å²) in [5, 5.41) is 12.0. The number of benzene rings is 1. The Kier molecular flexibility index (Phi) is 4.24. The Morgan fingerprint density at radius 3 is 2.95 bits per heavy atom. The molecule has 2 rings (SSSR count). The van der Waals surface area contributed by atoms with Crippen LogP contribution in [0, 0.1) is 6.92 Å². The number of imidazole rings is 1. The third-order valence-corrected chi connectivity index (χ3v) is 3.06. The number of H-pyrrole nitrogens is 1. The Hall–Kier alpha value is -2.08. The van der Waals surface area contributed by atoms with Crippen LogP contribution in [0.1, 0.15) is 18.3 Å². The summed E-state index contributed by atoms with van der Waals surface area (Å²) in [4.78, 5) is 20.9. The Bertz CT molecular complexity index is 606. The first-order valence-electron chi connectivity index (χ1n) is 6.58. The lowest BCUT2D eigenvalue weighted by Gasteiger charge is -2.18. The summed E-state index contributed by atoms with van der Waals surface area (Å²) in [5.74, 6) is 0.716. The molecule has 1 aromatic carbocycles. The van der Waals surface area contributed by atoms with Crippen LogP contribution >= 0.6 is 0 Å². The highest BCUT2D eigenvalue weighted by atomic mass is 16.3. The molecule has 0 spiro atoms. The van der Waals surface area contributed by atoms with Crippen LogP contribution in [-0.2, 0) is 6.54 Å². The smallest absolute Gasteiger partial charge is 0.317 e. The van der Waals surface area contributed by atoms with E-state index in [2.05, 4.69) is 15.3 Å².